The Bertz CT molecular complexity index is 1540. The van der Waals surface area contributed by atoms with Crippen LogP contribution in [0.5, 0.6) is 0 Å². The molecule has 42 heavy (non-hydrogen) atoms. The lowest BCUT2D eigenvalue weighted by Gasteiger charge is -2.34. The molecule has 3 aromatic carbocycles. The van der Waals surface area contributed by atoms with Crippen LogP contribution in [0.1, 0.15) is 39.2 Å². The van der Waals surface area contributed by atoms with Crippen LogP contribution in [0.4, 0.5) is 11.4 Å². The number of benzene rings is 3. The zero-order valence-electron chi connectivity index (χ0n) is 23.4. The molecular formula is C29H32Cl2N4O6S. The predicted molar refractivity (Wildman–Crippen MR) is 163 cm³/mol. The Labute approximate surface area is 255 Å². The quantitative estimate of drug-likeness (QED) is 0.186. The molecule has 0 bridgehead atoms. The number of carbonyl (C=O) groups excluding carboxylic acids is 2. The molecular weight excluding hydrogens is 603 g/mol. The van der Waals surface area contributed by atoms with Crippen molar-refractivity contribution in [3.05, 3.63) is 98.5 Å². The molecule has 2 atom stereocenters. The minimum absolute atomic E-state index is 0.0806. The zero-order valence-corrected chi connectivity index (χ0v) is 25.7. The van der Waals surface area contributed by atoms with Gasteiger partial charge >= 0.3 is 0 Å². The molecule has 0 aliphatic rings. The number of non-ortho nitro benzene ring substituents is 1. The summed E-state index contributed by atoms with van der Waals surface area (Å²) in [7, 11) is -4.37. The molecule has 0 aliphatic heterocycles. The van der Waals surface area contributed by atoms with Gasteiger partial charge in [-0.05, 0) is 55.7 Å². The number of amides is 2. The Hall–Kier alpha value is -3.67. The SMILES string of the molecule is CCC(C)NC(=O)C(CC)N(Cc1ccc(Cl)cc1Cl)C(=O)CN(c1cccc([N+](=O)[O-])c1)S(=O)(=O)c1ccccc1. The minimum Gasteiger partial charge on any atom is -0.352 e. The van der Waals surface area contributed by atoms with E-state index in [0.717, 1.165) is 10.4 Å². The molecule has 2 unspecified atom stereocenters. The lowest BCUT2D eigenvalue weighted by atomic mass is 10.1. The van der Waals surface area contributed by atoms with Crippen LogP contribution in [-0.2, 0) is 26.2 Å². The summed E-state index contributed by atoms with van der Waals surface area (Å²) < 4.78 is 28.5. The maximum atomic E-state index is 14.1. The van der Waals surface area contributed by atoms with Gasteiger partial charge in [0.05, 0.1) is 15.5 Å². The fourth-order valence-electron chi connectivity index (χ4n) is 4.20. The fourth-order valence-corrected chi connectivity index (χ4v) is 6.10. The summed E-state index contributed by atoms with van der Waals surface area (Å²) in [6.45, 7) is 4.63. The van der Waals surface area contributed by atoms with Crippen molar-refractivity contribution in [2.24, 2.45) is 0 Å². The second kappa shape index (κ2) is 14.5. The van der Waals surface area contributed by atoms with Gasteiger partial charge in [-0.1, -0.05) is 67.4 Å². The largest absolute Gasteiger partial charge is 0.352 e. The van der Waals surface area contributed by atoms with Gasteiger partial charge in [-0.15, -0.1) is 0 Å². The van der Waals surface area contributed by atoms with Gasteiger partial charge in [0.25, 0.3) is 15.7 Å². The van der Waals surface area contributed by atoms with Gasteiger partial charge < -0.3 is 10.2 Å². The lowest BCUT2D eigenvalue weighted by molar-refractivity contribution is -0.384. The second-order valence-electron chi connectivity index (χ2n) is 9.60. The lowest BCUT2D eigenvalue weighted by Crippen LogP contribution is -2.53. The van der Waals surface area contributed by atoms with Crippen LogP contribution in [0.25, 0.3) is 0 Å². The van der Waals surface area contributed by atoms with E-state index in [1.165, 1.54) is 53.4 Å². The third-order valence-corrected chi connectivity index (χ3v) is 9.06. The van der Waals surface area contributed by atoms with Crippen molar-refractivity contribution < 1.29 is 22.9 Å². The van der Waals surface area contributed by atoms with Gasteiger partial charge in [0.2, 0.25) is 11.8 Å². The van der Waals surface area contributed by atoms with Crippen molar-refractivity contribution in [2.45, 2.75) is 57.1 Å². The van der Waals surface area contributed by atoms with Crippen molar-refractivity contribution in [2.75, 3.05) is 10.8 Å². The molecule has 1 N–H and O–H groups in total. The highest BCUT2D eigenvalue weighted by Crippen LogP contribution is 2.29. The van der Waals surface area contributed by atoms with Crippen LogP contribution in [-0.4, -0.2) is 48.7 Å². The molecule has 0 spiro atoms. The number of sulfonamides is 1. The van der Waals surface area contributed by atoms with Crippen LogP contribution in [0, 0.1) is 10.1 Å². The molecule has 2 amide bonds. The number of nitro groups is 1. The summed E-state index contributed by atoms with van der Waals surface area (Å²) in [5.41, 5.74) is 0.0670. The third-order valence-electron chi connectivity index (χ3n) is 6.68. The summed E-state index contributed by atoms with van der Waals surface area (Å²) in [4.78, 5) is 39.5. The first-order valence-corrected chi connectivity index (χ1v) is 15.4. The van der Waals surface area contributed by atoms with E-state index in [4.69, 9.17) is 23.2 Å². The van der Waals surface area contributed by atoms with E-state index in [1.54, 1.807) is 25.1 Å². The summed E-state index contributed by atoms with van der Waals surface area (Å²) in [5.74, 6) is -1.11. The van der Waals surface area contributed by atoms with Crippen LogP contribution in [0.3, 0.4) is 0 Å². The molecule has 0 fully saturated rings. The average molecular weight is 636 g/mol. The number of halogens is 2. The normalized spacial score (nSPS) is 12.7. The molecule has 0 saturated carbocycles. The Balaban J connectivity index is 2.11. The molecule has 0 radical (unpaired) electrons. The van der Waals surface area contributed by atoms with E-state index in [2.05, 4.69) is 5.32 Å². The summed E-state index contributed by atoms with van der Waals surface area (Å²) in [6.07, 6.45) is 0.885. The first-order valence-electron chi connectivity index (χ1n) is 13.2. The van der Waals surface area contributed by atoms with Crippen molar-refractivity contribution in [1.29, 1.82) is 0 Å². The van der Waals surface area contributed by atoms with Gasteiger partial charge in [-0.2, -0.15) is 0 Å². The molecule has 13 heteroatoms. The molecule has 224 valence electrons. The monoisotopic (exact) mass is 634 g/mol. The first kappa shape index (κ1) is 32.8. The minimum atomic E-state index is -4.37. The van der Waals surface area contributed by atoms with E-state index < -0.39 is 39.3 Å². The summed E-state index contributed by atoms with van der Waals surface area (Å²) >= 11 is 12.5. The van der Waals surface area contributed by atoms with Crippen molar-refractivity contribution in [3.8, 4) is 0 Å². The van der Waals surface area contributed by atoms with Crippen molar-refractivity contribution >= 4 is 56.4 Å². The number of hydrogen-bond donors (Lipinski definition) is 1. The topological polar surface area (TPSA) is 130 Å². The van der Waals surface area contributed by atoms with E-state index in [-0.39, 0.29) is 40.3 Å². The second-order valence-corrected chi connectivity index (χ2v) is 12.3. The van der Waals surface area contributed by atoms with Gasteiger partial charge in [-0.3, -0.25) is 24.0 Å². The van der Waals surface area contributed by atoms with E-state index in [9.17, 15) is 28.1 Å². The fraction of sp³-hybridized carbons (Fsp3) is 0.310. The molecule has 3 rings (SSSR count). The Morgan fingerprint density at radius 3 is 2.26 bits per heavy atom. The zero-order chi connectivity index (χ0) is 31.0. The number of rotatable bonds is 13. The smallest absolute Gasteiger partial charge is 0.271 e. The van der Waals surface area contributed by atoms with Crippen LogP contribution < -0.4 is 9.62 Å². The highest BCUT2D eigenvalue weighted by Gasteiger charge is 2.34. The molecule has 0 saturated heterocycles. The number of nitrogens with one attached hydrogen (secondary N) is 1. The highest BCUT2D eigenvalue weighted by atomic mass is 35.5. The number of hydrogen-bond acceptors (Lipinski definition) is 6. The Morgan fingerprint density at radius 1 is 0.976 bits per heavy atom. The molecule has 0 heterocycles. The van der Waals surface area contributed by atoms with Crippen LogP contribution in [0.2, 0.25) is 10.0 Å². The van der Waals surface area contributed by atoms with E-state index >= 15 is 0 Å². The third kappa shape index (κ3) is 7.99. The molecule has 3 aromatic rings. The van der Waals surface area contributed by atoms with Gasteiger partial charge in [0.1, 0.15) is 12.6 Å². The number of carbonyl (C=O) groups is 2. The maximum Gasteiger partial charge on any atom is 0.271 e. The Kier molecular flexibility index (Phi) is 11.3. The van der Waals surface area contributed by atoms with Crippen LogP contribution in [0.15, 0.2) is 77.7 Å². The number of nitro benzene ring substituents is 1. The number of nitrogens with zero attached hydrogens (tertiary/aromatic N) is 3. The molecule has 10 nitrogen and oxygen atoms in total. The molecule has 0 aromatic heterocycles. The highest BCUT2D eigenvalue weighted by molar-refractivity contribution is 7.92. The average Bonchev–Trinajstić information content (AvgIpc) is 2.97. The van der Waals surface area contributed by atoms with Crippen LogP contribution >= 0.6 is 23.2 Å². The van der Waals surface area contributed by atoms with Gasteiger partial charge in [-0.25, -0.2) is 8.42 Å². The van der Waals surface area contributed by atoms with E-state index in [1.807, 2.05) is 13.8 Å². The van der Waals surface area contributed by atoms with Gasteiger partial charge in [0, 0.05) is 34.8 Å². The summed E-state index contributed by atoms with van der Waals surface area (Å²) in [6, 6.07) is 16.0. The number of anilines is 1. The molecule has 0 aliphatic carbocycles. The van der Waals surface area contributed by atoms with E-state index in [0.29, 0.717) is 17.0 Å². The summed E-state index contributed by atoms with van der Waals surface area (Å²) in [5, 5.41) is 15.0. The van der Waals surface area contributed by atoms with Crippen molar-refractivity contribution in [1.82, 2.24) is 10.2 Å². The maximum absolute atomic E-state index is 14.1. The standard InChI is InChI=1S/C29H32Cl2N4O6S/c1-4-20(3)32-29(37)27(5-2)33(18-21-14-15-22(30)16-26(21)31)28(36)19-34(23-10-9-11-24(17-23)35(38)39)42(40,41)25-12-7-6-8-13-25/h6-17,20,27H,4-5,18-19H2,1-3H3,(H,32,37). The Morgan fingerprint density at radius 2 is 1.67 bits per heavy atom. The van der Waals surface area contributed by atoms with Crippen molar-refractivity contribution in [3.63, 3.8) is 0 Å². The van der Waals surface area contributed by atoms with Gasteiger partial charge in [0.15, 0.2) is 0 Å². The predicted octanol–water partition coefficient (Wildman–Crippen LogP) is 5.82. The first-order chi connectivity index (χ1) is 19.9.